The molecule has 0 unspecified atom stereocenters. The molecule has 1 aromatic carbocycles. The molecule has 0 aromatic heterocycles. The smallest absolute Gasteiger partial charge is 0.164 e. The molecule has 0 saturated heterocycles. The molecule has 17 heavy (non-hydrogen) atoms. The number of hydrogen-bond donors (Lipinski definition) is 1. The lowest BCUT2D eigenvalue weighted by Gasteiger charge is -2.27. The number of rotatable bonds is 2. The molecule has 1 fully saturated rings. The fourth-order valence-corrected chi connectivity index (χ4v) is 2.89. The summed E-state index contributed by atoms with van der Waals surface area (Å²) in [6.07, 6.45) is 6.31. The summed E-state index contributed by atoms with van der Waals surface area (Å²) in [4.78, 5) is 0. The molecule has 92 valence electrons. The molecule has 1 aliphatic rings. The number of halogens is 2. The van der Waals surface area contributed by atoms with Gasteiger partial charge in [0.1, 0.15) is 0 Å². The summed E-state index contributed by atoms with van der Waals surface area (Å²) in [5, 5.41) is 0.201. The first-order chi connectivity index (χ1) is 8.13. The van der Waals surface area contributed by atoms with Crippen LogP contribution < -0.4 is 5.73 Å². The van der Waals surface area contributed by atoms with Crippen molar-refractivity contribution < 1.29 is 4.39 Å². The molecule has 0 atom stereocenters. The van der Waals surface area contributed by atoms with Crippen molar-refractivity contribution in [1.29, 1.82) is 0 Å². The van der Waals surface area contributed by atoms with Crippen molar-refractivity contribution in [3.8, 4) is 0 Å². The minimum atomic E-state index is -0.477. The third-order valence-electron chi connectivity index (χ3n) is 3.69. The van der Waals surface area contributed by atoms with Gasteiger partial charge in [0.05, 0.1) is 10.7 Å². The van der Waals surface area contributed by atoms with Gasteiger partial charge in [-0.1, -0.05) is 23.7 Å². The Morgan fingerprint density at radius 3 is 2.53 bits per heavy atom. The normalized spacial score (nSPS) is 24.6. The number of nitrogen functional groups attached to an aromatic ring is 1. The van der Waals surface area contributed by atoms with E-state index in [9.17, 15) is 4.39 Å². The zero-order valence-electron chi connectivity index (χ0n) is 9.76. The van der Waals surface area contributed by atoms with Gasteiger partial charge in [-0.3, -0.25) is 0 Å². The van der Waals surface area contributed by atoms with Crippen LogP contribution >= 0.6 is 11.6 Å². The third-order valence-corrected chi connectivity index (χ3v) is 4.07. The molecule has 1 aliphatic carbocycles. The maximum Gasteiger partial charge on any atom is 0.164 e. The second-order valence-electron chi connectivity index (χ2n) is 4.72. The Hall–Kier alpha value is -1.02. The molecule has 0 amide bonds. The highest BCUT2D eigenvalue weighted by molar-refractivity contribution is 6.31. The Labute approximate surface area is 106 Å². The lowest BCUT2D eigenvalue weighted by Crippen LogP contribution is -2.12. The van der Waals surface area contributed by atoms with Crippen molar-refractivity contribution in [2.45, 2.75) is 31.6 Å². The Morgan fingerprint density at radius 2 is 1.94 bits per heavy atom. The largest absolute Gasteiger partial charge is 0.396 e. The highest BCUT2D eigenvalue weighted by Gasteiger charge is 2.23. The van der Waals surface area contributed by atoms with Crippen LogP contribution in [0.4, 0.5) is 10.1 Å². The number of hydrogen-bond acceptors (Lipinski definition) is 1. The summed E-state index contributed by atoms with van der Waals surface area (Å²) < 4.78 is 13.6. The zero-order chi connectivity index (χ0) is 12.4. The summed E-state index contributed by atoms with van der Waals surface area (Å²) in [5.41, 5.74) is 6.52. The van der Waals surface area contributed by atoms with Crippen LogP contribution in [0, 0.1) is 11.7 Å². The molecule has 2 rings (SSSR count). The molecular weight excluding hydrogens is 237 g/mol. The van der Waals surface area contributed by atoms with Gasteiger partial charge in [0, 0.05) is 0 Å². The molecule has 1 saturated carbocycles. The maximum atomic E-state index is 13.6. The molecule has 3 heteroatoms. The van der Waals surface area contributed by atoms with Crippen molar-refractivity contribution in [1.82, 2.24) is 0 Å². The molecule has 0 spiro atoms. The molecule has 1 nitrogen and oxygen atoms in total. The Balaban J connectivity index is 2.19. The maximum absolute atomic E-state index is 13.6. The first kappa shape index (κ1) is 12.4. The van der Waals surface area contributed by atoms with Crippen LogP contribution in [-0.2, 0) is 0 Å². The fourth-order valence-electron chi connectivity index (χ4n) is 2.56. The number of benzene rings is 1. The zero-order valence-corrected chi connectivity index (χ0v) is 10.5. The molecule has 0 radical (unpaired) electrons. The van der Waals surface area contributed by atoms with Gasteiger partial charge in [0.15, 0.2) is 5.82 Å². The van der Waals surface area contributed by atoms with Crippen LogP contribution in [0.5, 0.6) is 0 Å². The quantitative estimate of drug-likeness (QED) is 0.609. The Morgan fingerprint density at radius 1 is 1.29 bits per heavy atom. The van der Waals surface area contributed by atoms with Gasteiger partial charge < -0.3 is 5.73 Å². The lowest BCUT2D eigenvalue weighted by molar-refractivity contribution is 0.375. The monoisotopic (exact) mass is 253 g/mol. The highest BCUT2D eigenvalue weighted by Crippen LogP contribution is 2.40. The van der Waals surface area contributed by atoms with E-state index in [0.29, 0.717) is 11.8 Å². The number of nitrogens with two attached hydrogens (primary N) is 1. The summed E-state index contributed by atoms with van der Waals surface area (Å²) in [7, 11) is 0. The molecule has 0 bridgehead atoms. The first-order valence-electron chi connectivity index (χ1n) is 5.99. The minimum Gasteiger partial charge on any atom is -0.396 e. The number of anilines is 1. The average Bonchev–Trinajstić information content (AvgIpc) is 2.36. The molecule has 0 aliphatic heterocycles. The average molecular weight is 254 g/mol. The molecular formula is C14H17ClFN. The van der Waals surface area contributed by atoms with Gasteiger partial charge in [0.25, 0.3) is 0 Å². The second kappa shape index (κ2) is 5.09. The van der Waals surface area contributed by atoms with Crippen molar-refractivity contribution in [2.24, 2.45) is 5.92 Å². The van der Waals surface area contributed by atoms with E-state index in [0.717, 1.165) is 31.2 Å². The fraction of sp³-hybridized carbons (Fsp3) is 0.429. The third kappa shape index (κ3) is 2.47. The van der Waals surface area contributed by atoms with Crippen molar-refractivity contribution in [3.05, 3.63) is 41.2 Å². The van der Waals surface area contributed by atoms with Gasteiger partial charge in [-0.2, -0.15) is 0 Å². The van der Waals surface area contributed by atoms with E-state index in [1.165, 1.54) is 0 Å². The molecule has 1 aromatic rings. The van der Waals surface area contributed by atoms with E-state index in [-0.39, 0.29) is 10.7 Å². The van der Waals surface area contributed by atoms with Crippen LogP contribution in [0.25, 0.3) is 0 Å². The van der Waals surface area contributed by atoms with Gasteiger partial charge in [-0.05, 0) is 49.1 Å². The predicted octanol–water partition coefficient (Wildman–Crippen LogP) is 4.52. The SMILES string of the molecule is C=CC1CCC(c2ccc(N)c(F)c2Cl)CC1. The Kier molecular flexibility index (Phi) is 3.72. The number of allylic oxidation sites excluding steroid dienone is 1. The van der Waals surface area contributed by atoms with Crippen molar-refractivity contribution >= 4 is 17.3 Å². The van der Waals surface area contributed by atoms with Gasteiger partial charge >= 0.3 is 0 Å². The van der Waals surface area contributed by atoms with E-state index in [1.54, 1.807) is 6.07 Å². The van der Waals surface area contributed by atoms with Gasteiger partial charge in [-0.25, -0.2) is 4.39 Å². The molecule has 0 heterocycles. The summed E-state index contributed by atoms with van der Waals surface area (Å²) in [6, 6.07) is 3.47. The summed E-state index contributed by atoms with van der Waals surface area (Å²) in [5.74, 6) is 0.479. The van der Waals surface area contributed by atoms with Crippen LogP contribution in [0.2, 0.25) is 5.02 Å². The van der Waals surface area contributed by atoms with E-state index >= 15 is 0 Å². The van der Waals surface area contributed by atoms with Crippen LogP contribution in [0.1, 0.15) is 37.2 Å². The highest BCUT2D eigenvalue weighted by atomic mass is 35.5. The first-order valence-corrected chi connectivity index (χ1v) is 6.37. The minimum absolute atomic E-state index is 0.124. The van der Waals surface area contributed by atoms with Crippen molar-refractivity contribution in [2.75, 3.05) is 5.73 Å². The van der Waals surface area contributed by atoms with Crippen molar-refractivity contribution in [3.63, 3.8) is 0 Å². The van der Waals surface area contributed by atoms with Crippen LogP contribution in [0.15, 0.2) is 24.8 Å². The lowest BCUT2D eigenvalue weighted by atomic mass is 9.79. The topological polar surface area (TPSA) is 26.0 Å². The second-order valence-corrected chi connectivity index (χ2v) is 5.10. The van der Waals surface area contributed by atoms with Gasteiger partial charge in [-0.15, -0.1) is 6.58 Å². The summed E-state index contributed by atoms with van der Waals surface area (Å²) >= 11 is 6.03. The van der Waals surface area contributed by atoms with Crippen LogP contribution in [-0.4, -0.2) is 0 Å². The summed E-state index contributed by atoms with van der Waals surface area (Å²) in [6.45, 7) is 3.82. The Bertz CT molecular complexity index is 422. The van der Waals surface area contributed by atoms with Gasteiger partial charge in [0.2, 0.25) is 0 Å². The van der Waals surface area contributed by atoms with E-state index in [4.69, 9.17) is 17.3 Å². The van der Waals surface area contributed by atoms with Crippen LogP contribution in [0.3, 0.4) is 0 Å². The predicted molar refractivity (Wildman–Crippen MR) is 70.7 cm³/mol. The van der Waals surface area contributed by atoms with E-state index in [2.05, 4.69) is 6.58 Å². The van der Waals surface area contributed by atoms with E-state index < -0.39 is 5.82 Å². The standard InChI is InChI=1S/C14H17ClFN/c1-2-9-3-5-10(6-4-9)11-7-8-12(17)14(16)13(11)15/h2,7-10H,1,3-6,17H2. The molecule has 2 N–H and O–H groups in total. The van der Waals surface area contributed by atoms with E-state index in [1.807, 2.05) is 12.1 Å².